The van der Waals surface area contributed by atoms with Gasteiger partial charge in [-0.2, -0.15) is 0 Å². The molecule has 2 N–H and O–H groups in total. The molecule has 12 heteroatoms. The molecule has 3 aromatic rings. The number of piperidine rings is 1. The highest BCUT2D eigenvalue weighted by molar-refractivity contribution is 6.14. The Hall–Kier alpha value is -4.42. The lowest BCUT2D eigenvalue weighted by Gasteiger charge is -2.42. The second-order valence-electron chi connectivity index (χ2n) is 12.4. The number of nitrogens with zero attached hydrogens (tertiary/aromatic N) is 4. The number of halogens is 2. The molecule has 0 radical (unpaired) electrons. The van der Waals surface area contributed by atoms with Crippen molar-refractivity contribution in [3.63, 3.8) is 0 Å². The molecule has 1 aliphatic carbocycles. The summed E-state index contributed by atoms with van der Waals surface area (Å²) in [5, 5.41) is 5.50. The van der Waals surface area contributed by atoms with E-state index in [1.54, 1.807) is 23.1 Å². The van der Waals surface area contributed by atoms with E-state index < -0.39 is 23.0 Å². The number of carbonyl (C=O) groups excluding carboxylic acids is 3. The number of nitrogens with one attached hydrogen (secondary N) is 2. The van der Waals surface area contributed by atoms with E-state index in [-0.39, 0.29) is 29.5 Å². The van der Waals surface area contributed by atoms with E-state index in [0.29, 0.717) is 49.2 Å². The number of hydrogen-bond donors (Lipinski definition) is 2. The Labute approximate surface area is 266 Å². The standard InChI is InChI=1S/C34H38F2N6O4/c1-40-16-18-41(19-17-40)26-9-14-42(15-10-26)33(45)39-31-22-28(8-13-37-31)46-27-7-2-23(29(36)21-27)20-30(43)34(11-12-34)32(44)38-25-5-3-24(35)4-6-25/h2-8,13,21-22,26H,9-12,14-20H2,1H3,(H,38,44)(H,37,39,45). The van der Waals surface area contributed by atoms with Gasteiger partial charge in [0.2, 0.25) is 5.91 Å². The topological polar surface area (TPSA) is 107 Å². The highest BCUT2D eigenvalue weighted by Gasteiger charge is 2.55. The molecule has 2 saturated heterocycles. The SMILES string of the molecule is CN1CCN(C2CCN(C(=O)Nc3cc(Oc4ccc(CC(=O)C5(C(=O)Nc6ccc(F)cc6)CC5)c(F)c4)ccn3)CC2)CC1. The normalized spacial score (nSPS) is 18.5. The molecule has 0 bridgehead atoms. The fraction of sp³-hybridized carbons (Fsp3) is 0.412. The zero-order valence-corrected chi connectivity index (χ0v) is 25.8. The van der Waals surface area contributed by atoms with Gasteiger partial charge >= 0.3 is 6.03 Å². The highest BCUT2D eigenvalue weighted by atomic mass is 19.1. The fourth-order valence-electron chi connectivity index (χ4n) is 6.11. The molecule has 1 saturated carbocycles. The van der Waals surface area contributed by atoms with Gasteiger partial charge in [-0.15, -0.1) is 0 Å². The largest absolute Gasteiger partial charge is 0.457 e. The molecule has 2 aliphatic heterocycles. The molecule has 1 aromatic heterocycles. The number of Topliss-reactive ketones (excluding diaryl/α,β-unsaturated/α-hetero) is 1. The number of benzene rings is 2. The minimum absolute atomic E-state index is 0.150. The molecule has 6 rings (SSSR count). The quantitative estimate of drug-likeness (QED) is 0.323. The van der Waals surface area contributed by atoms with E-state index in [4.69, 9.17) is 4.74 Å². The van der Waals surface area contributed by atoms with Crippen molar-refractivity contribution >= 4 is 29.2 Å². The third-order valence-corrected chi connectivity index (χ3v) is 9.20. The Morgan fingerprint density at radius 1 is 0.891 bits per heavy atom. The van der Waals surface area contributed by atoms with Gasteiger partial charge < -0.3 is 19.9 Å². The number of likely N-dealkylation sites (N-methyl/N-ethyl adjacent to an activating group) is 1. The maximum atomic E-state index is 15.1. The smallest absolute Gasteiger partial charge is 0.323 e. The minimum Gasteiger partial charge on any atom is -0.457 e. The van der Waals surface area contributed by atoms with Gasteiger partial charge in [-0.05, 0) is 74.7 Å². The van der Waals surface area contributed by atoms with Crippen LogP contribution in [0.1, 0.15) is 31.2 Å². The molecular weight excluding hydrogens is 594 g/mol. The van der Waals surface area contributed by atoms with E-state index in [2.05, 4.69) is 32.5 Å². The number of ether oxygens (including phenoxy) is 1. The number of piperazine rings is 1. The number of hydrogen-bond acceptors (Lipinski definition) is 7. The fourth-order valence-corrected chi connectivity index (χ4v) is 6.11. The summed E-state index contributed by atoms with van der Waals surface area (Å²) < 4.78 is 34.1. The summed E-state index contributed by atoms with van der Waals surface area (Å²) in [4.78, 5) is 49.8. The summed E-state index contributed by atoms with van der Waals surface area (Å²) in [7, 11) is 2.14. The Bertz CT molecular complexity index is 1580. The third-order valence-electron chi connectivity index (χ3n) is 9.20. The van der Waals surface area contributed by atoms with Crippen LogP contribution in [0.3, 0.4) is 0 Å². The zero-order chi connectivity index (χ0) is 32.3. The molecule has 3 aliphatic rings. The highest BCUT2D eigenvalue weighted by Crippen LogP contribution is 2.48. The van der Waals surface area contributed by atoms with Gasteiger partial charge in [0.05, 0.1) is 0 Å². The van der Waals surface area contributed by atoms with Crippen molar-refractivity contribution < 1.29 is 27.9 Å². The van der Waals surface area contributed by atoms with E-state index in [1.807, 2.05) is 0 Å². The first kappa shape index (κ1) is 31.6. The maximum Gasteiger partial charge on any atom is 0.323 e. The van der Waals surface area contributed by atoms with Gasteiger partial charge in [-0.3, -0.25) is 19.8 Å². The summed E-state index contributed by atoms with van der Waals surface area (Å²) in [5.41, 5.74) is -0.676. The number of aromatic nitrogens is 1. The lowest BCUT2D eigenvalue weighted by atomic mass is 9.93. The van der Waals surface area contributed by atoms with Gasteiger partial charge in [0.1, 0.15) is 34.4 Å². The lowest BCUT2D eigenvalue weighted by Crippen LogP contribution is -2.53. The second-order valence-corrected chi connectivity index (χ2v) is 12.4. The maximum absolute atomic E-state index is 15.1. The summed E-state index contributed by atoms with van der Waals surface area (Å²) in [6.07, 6.45) is 3.87. The third kappa shape index (κ3) is 7.34. The van der Waals surface area contributed by atoms with Gasteiger partial charge in [-0.1, -0.05) is 6.07 Å². The number of likely N-dealkylation sites (tertiary alicyclic amines) is 1. The van der Waals surface area contributed by atoms with Crippen molar-refractivity contribution in [1.29, 1.82) is 0 Å². The van der Waals surface area contributed by atoms with Crippen molar-refractivity contribution in [2.45, 2.75) is 38.1 Å². The molecule has 0 unspecified atom stereocenters. The molecular formula is C34H38F2N6O4. The lowest BCUT2D eigenvalue weighted by molar-refractivity contribution is -0.132. The van der Waals surface area contributed by atoms with Gasteiger partial charge in [0.25, 0.3) is 0 Å². The van der Waals surface area contributed by atoms with E-state index in [1.165, 1.54) is 42.6 Å². The van der Waals surface area contributed by atoms with Crippen molar-refractivity contribution in [2.24, 2.45) is 5.41 Å². The second kappa shape index (κ2) is 13.5. The van der Waals surface area contributed by atoms with E-state index in [9.17, 15) is 18.8 Å². The molecule has 2 aromatic carbocycles. The predicted molar refractivity (Wildman–Crippen MR) is 169 cm³/mol. The summed E-state index contributed by atoms with van der Waals surface area (Å²) in [5.74, 6) is -1.03. The Morgan fingerprint density at radius 2 is 1.59 bits per heavy atom. The first-order valence-electron chi connectivity index (χ1n) is 15.7. The van der Waals surface area contributed by atoms with Gasteiger partial charge in [0.15, 0.2) is 5.78 Å². The Balaban J connectivity index is 1.00. The molecule has 3 amide bonds. The zero-order valence-electron chi connectivity index (χ0n) is 25.8. The van der Waals surface area contributed by atoms with Crippen LogP contribution in [0.5, 0.6) is 11.5 Å². The molecule has 0 spiro atoms. The number of anilines is 2. The van der Waals surface area contributed by atoms with Crippen LogP contribution in [-0.2, 0) is 16.0 Å². The molecule has 3 heterocycles. The monoisotopic (exact) mass is 632 g/mol. The van der Waals surface area contributed by atoms with Crippen LogP contribution >= 0.6 is 0 Å². The van der Waals surface area contributed by atoms with Crippen molar-refractivity contribution in [3.05, 3.63) is 78.0 Å². The molecule has 3 fully saturated rings. The number of amides is 3. The average Bonchev–Trinajstić information content (AvgIpc) is 3.87. The van der Waals surface area contributed by atoms with Crippen LogP contribution in [0.15, 0.2) is 60.8 Å². The van der Waals surface area contributed by atoms with Gasteiger partial charge in [0, 0.05) is 75.7 Å². The summed E-state index contributed by atoms with van der Waals surface area (Å²) in [6, 6.07) is 12.9. The van der Waals surface area contributed by atoms with Crippen molar-refractivity contribution in [3.8, 4) is 11.5 Å². The Kier molecular flexibility index (Phi) is 9.27. The minimum atomic E-state index is -1.21. The van der Waals surface area contributed by atoms with Crippen molar-refractivity contribution in [1.82, 2.24) is 19.7 Å². The Morgan fingerprint density at radius 3 is 2.26 bits per heavy atom. The molecule has 0 atom stereocenters. The van der Waals surface area contributed by atoms with E-state index in [0.717, 1.165) is 39.0 Å². The van der Waals surface area contributed by atoms with Crippen LogP contribution < -0.4 is 15.4 Å². The summed E-state index contributed by atoms with van der Waals surface area (Å²) >= 11 is 0. The first-order valence-corrected chi connectivity index (χ1v) is 15.7. The number of urea groups is 1. The number of rotatable bonds is 9. The number of pyridine rings is 1. The number of carbonyl (C=O) groups is 3. The van der Waals surface area contributed by atoms with Crippen molar-refractivity contribution in [2.75, 3.05) is 56.9 Å². The molecule has 46 heavy (non-hydrogen) atoms. The van der Waals surface area contributed by atoms with Crippen LogP contribution in [0.25, 0.3) is 0 Å². The average molecular weight is 633 g/mol. The van der Waals surface area contributed by atoms with Crippen LogP contribution in [0.2, 0.25) is 0 Å². The van der Waals surface area contributed by atoms with E-state index >= 15 is 4.39 Å². The van der Waals surface area contributed by atoms with Crippen LogP contribution in [0, 0.1) is 17.0 Å². The molecule has 10 nitrogen and oxygen atoms in total. The predicted octanol–water partition coefficient (Wildman–Crippen LogP) is 4.93. The van der Waals surface area contributed by atoms with Gasteiger partial charge in [-0.25, -0.2) is 18.6 Å². The summed E-state index contributed by atoms with van der Waals surface area (Å²) in [6.45, 7) is 5.62. The molecule has 242 valence electrons. The number of ketones is 1. The first-order chi connectivity index (χ1) is 22.2. The van der Waals surface area contributed by atoms with Crippen LogP contribution in [0.4, 0.5) is 25.1 Å². The van der Waals surface area contributed by atoms with Crippen LogP contribution in [-0.4, -0.2) is 89.8 Å².